The van der Waals surface area contributed by atoms with Crippen molar-refractivity contribution in [3.63, 3.8) is 0 Å². The molecule has 1 atom stereocenters. The van der Waals surface area contributed by atoms with Gasteiger partial charge in [-0.3, -0.25) is 9.58 Å². The van der Waals surface area contributed by atoms with Crippen molar-refractivity contribution in [1.82, 2.24) is 24.6 Å². The molecule has 2 aromatic rings. The van der Waals surface area contributed by atoms with Crippen LogP contribution in [-0.4, -0.2) is 57.0 Å². The van der Waals surface area contributed by atoms with Crippen molar-refractivity contribution in [1.29, 1.82) is 0 Å². The highest BCUT2D eigenvalue weighted by molar-refractivity contribution is 5.25. The fraction of sp³-hybridized carbons (Fsp3) is 0.611. The maximum Gasteiger partial charge on any atom is 0.222 e. The zero-order valence-electron chi connectivity index (χ0n) is 15.0. The summed E-state index contributed by atoms with van der Waals surface area (Å²) in [5, 5.41) is 7.84. The predicted molar refractivity (Wildman–Crippen MR) is 95.5 cm³/mol. The number of aromatic nitrogens is 4. The molecule has 1 N–H and O–H groups in total. The zero-order valence-corrected chi connectivity index (χ0v) is 15.0. The van der Waals surface area contributed by atoms with Crippen molar-refractivity contribution in [2.45, 2.75) is 45.4 Å². The molecule has 25 heavy (non-hydrogen) atoms. The summed E-state index contributed by atoms with van der Waals surface area (Å²) in [6.07, 6.45) is 6.41. The first-order valence-electron chi connectivity index (χ1n) is 9.09. The van der Waals surface area contributed by atoms with Crippen LogP contribution in [0, 0.1) is 13.8 Å². The van der Waals surface area contributed by atoms with Gasteiger partial charge in [0.05, 0.1) is 17.8 Å². The van der Waals surface area contributed by atoms with Crippen molar-refractivity contribution in [2.24, 2.45) is 0 Å². The molecule has 0 amide bonds. The summed E-state index contributed by atoms with van der Waals surface area (Å²) in [4.78, 5) is 11.2. The first-order chi connectivity index (χ1) is 12.2. The number of hydrogen-bond donors (Lipinski definition) is 1. The lowest BCUT2D eigenvalue weighted by Gasteiger charge is -2.39. The van der Waals surface area contributed by atoms with E-state index in [2.05, 4.69) is 43.0 Å². The Labute approximate surface area is 148 Å². The molecule has 0 bridgehead atoms. The summed E-state index contributed by atoms with van der Waals surface area (Å²) in [5.74, 6) is 0.684. The van der Waals surface area contributed by atoms with Crippen molar-refractivity contribution in [3.8, 4) is 0 Å². The van der Waals surface area contributed by atoms with Crippen LogP contribution in [-0.2, 0) is 11.3 Å². The van der Waals surface area contributed by atoms with Crippen LogP contribution in [0.1, 0.15) is 35.8 Å². The summed E-state index contributed by atoms with van der Waals surface area (Å²) in [6.45, 7) is 8.78. The third-order valence-electron chi connectivity index (χ3n) is 4.95. The van der Waals surface area contributed by atoms with E-state index in [9.17, 15) is 0 Å². The largest absolute Gasteiger partial charge is 0.376 e. The summed E-state index contributed by atoms with van der Waals surface area (Å²) >= 11 is 0. The molecule has 2 aromatic heterocycles. The van der Waals surface area contributed by atoms with E-state index < -0.39 is 0 Å². The van der Waals surface area contributed by atoms with Gasteiger partial charge >= 0.3 is 0 Å². The van der Waals surface area contributed by atoms with Gasteiger partial charge in [-0.2, -0.15) is 5.10 Å². The molecule has 2 saturated heterocycles. The number of likely N-dealkylation sites (tertiary alicyclic amines) is 1. The van der Waals surface area contributed by atoms with Gasteiger partial charge in [0.2, 0.25) is 5.95 Å². The standard InChI is InChI=1S/C18H26N6O/c1-13-6-14(2)24(22-13)16-11-23(12-16)10-15-7-19-18(20-8-15)21-9-17-4-3-5-25-17/h6-8,16-17H,3-5,9-12H2,1-2H3,(H,19,20,21)/t17-/m0/s1. The highest BCUT2D eigenvalue weighted by atomic mass is 16.5. The van der Waals surface area contributed by atoms with E-state index in [-0.39, 0.29) is 0 Å². The van der Waals surface area contributed by atoms with E-state index in [1.165, 1.54) is 5.69 Å². The summed E-state index contributed by atoms with van der Waals surface area (Å²) in [7, 11) is 0. The Morgan fingerprint density at radius 3 is 2.68 bits per heavy atom. The van der Waals surface area contributed by atoms with Gasteiger partial charge in [0.25, 0.3) is 0 Å². The normalized spacial score (nSPS) is 21.4. The third kappa shape index (κ3) is 3.82. The second-order valence-corrected chi connectivity index (χ2v) is 7.15. The molecule has 2 fully saturated rings. The predicted octanol–water partition coefficient (Wildman–Crippen LogP) is 1.94. The van der Waals surface area contributed by atoms with E-state index in [4.69, 9.17) is 4.74 Å². The van der Waals surface area contributed by atoms with E-state index in [0.29, 0.717) is 18.1 Å². The fourth-order valence-electron chi connectivity index (χ4n) is 3.64. The van der Waals surface area contributed by atoms with Gasteiger partial charge in [-0.1, -0.05) is 0 Å². The van der Waals surface area contributed by atoms with Crippen LogP contribution in [0.3, 0.4) is 0 Å². The average molecular weight is 342 g/mol. The molecule has 4 rings (SSSR count). The smallest absolute Gasteiger partial charge is 0.222 e. The van der Waals surface area contributed by atoms with E-state index in [1.807, 2.05) is 19.3 Å². The molecule has 7 heteroatoms. The summed E-state index contributed by atoms with van der Waals surface area (Å²) in [6, 6.07) is 2.63. The minimum absolute atomic E-state index is 0.302. The first kappa shape index (κ1) is 16.5. The molecule has 0 radical (unpaired) electrons. The molecule has 0 unspecified atom stereocenters. The number of nitrogens with one attached hydrogen (secondary N) is 1. The molecule has 0 spiro atoms. The SMILES string of the molecule is Cc1cc(C)n(C2CN(Cc3cnc(NC[C@@H]4CCCO4)nc3)C2)n1. The second kappa shape index (κ2) is 7.09. The molecule has 0 aromatic carbocycles. The van der Waals surface area contributed by atoms with E-state index >= 15 is 0 Å². The molecule has 0 saturated carbocycles. The Kier molecular flexibility index (Phi) is 4.67. The van der Waals surface area contributed by atoms with Gasteiger partial charge in [0, 0.05) is 56.4 Å². The van der Waals surface area contributed by atoms with E-state index in [0.717, 1.165) is 56.9 Å². The van der Waals surface area contributed by atoms with Gasteiger partial charge < -0.3 is 10.1 Å². The lowest BCUT2D eigenvalue weighted by Crippen LogP contribution is -2.47. The monoisotopic (exact) mass is 342 g/mol. The van der Waals surface area contributed by atoms with Crippen LogP contribution in [0.5, 0.6) is 0 Å². The number of nitrogens with zero attached hydrogens (tertiary/aromatic N) is 5. The van der Waals surface area contributed by atoms with Gasteiger partial charge in [-0.15, -0.1) is 0 Å². The molecule has 2 aliphatic rings. The van der Waals surface area contributed by atoms with Gasteiger partial charge in [-0.25, -0.2) is 9.97 Å². The van der Waals surface area contributed by atoms with Crippen molar-refractivity contribution >= 4 is 5.95 Å². The maximum atomic E-state index is 5.60. The lowest BCUT2D eigenvalue weighted by atomic mass is 10.1. The minimum Gasteiger partial charge on any atom is -0.376 e. The molecule has 2 aliphatic heterocycles. The fourth-order valence-corrected chi connectivity index (χ4v) is 3.64. The van der Waals surface area contributed by atoms with Crippen LogP contribution < -0.4 is 5.32 Å². The molecule has 7 nitrogen and oxygen atoms in total. The molecule has 0 aliphatic carbocycles. The zero-order chi connectivity index (χ0) is 17.2. The van der Waals surface area contributed by atoms with Gasteiger partial charge in [0.15, 0.2) is 0 Å². The number of anilines is 1. The van der Waals surface area contributed by atoms with Crippen LogP contribution in [0.25, 0.3) is 0 Å². The minimum atomic E-state index is 0.302. The Morgan fingerprint density at radius 2 is 2.04 bits per heavy atom. The lowest BCUT2D eigenvalue weighted by molar-refractivity contribution is 0.0891. The number of ether oxygens (including phenoxy) is 1. The van der Waals surface area contributed by atoms with E-state index in [1.54, 1.807) is 0 Å². The van der Waals surface area contributed by atoms with Crippen LogP contribution in [0.4, 0.5) is 5.95 Å². The maximum absolute atomic E-state index is 5.60. The van der Waals surface area contributed by atoms with Crippen molar-refractivity contribution in [3.05, 3.63) is 35.4 Å². The summed E-state index contributed by atoms with van der Waals surface area (Å²) < 4.78 is 7.75. The van der Waals surface area contributed by atoms with Crippen LogP contribution in [0.15, 0.2) is 18.5 Å². The first-order valence-corrected chi connectivity index (χ1v) is 9.09. The number of rotatable bonds is 6. The quantitative estimate of drug-likeness (QED) is 0.865. The molecule has 134 valence electrons. The van der Waals surface area contributed by atoms with Crippen molar-refractivity contribution in [2.75, 3.05) is 31.6 Å². The van der Waals surface area contributed by atoms with Gasteiger partial charge in [0.1, 0.15) is 0 Å². The van der Waals surface area contributed by atoms with Crippen LogP contribution >= 0.6 is 0 Å². The van der Waals surface area contributed by atoms with Crippen LogP contribution in [0.2, 0.25) is 0 Å². The molecular formula is C18H26N6O. The average Bonchev–Trinajstić information content (AvgIpc) is 3.19. The molecule has 4 heterocycles. The Bertz CT molecular complexity index is 701. The molecular weight excluding hydrogens is 316 g/mol. The highest BCUT2D eigenvalue weighted by Crippen LogP contribution is 2.24. The topological polar surface area (TPSA) is 68.1 Å². The van der Waals surface area contributed by atoms with Gasteiger partial charge in [-0.05, 0) is 32.8 Å². The number of aryl methyl sites for hydroxylation is 2. The highest BCUT2D eigenvalue weighted by Gasteiger charge is 2.29. The Balaban J connectivity index is 1.24. The Hall–Kier alpha value is -1.99. The number of hydrogen-bond acceptors (Lipinski definition) is 6. The Morgan fingerprint density at radius 1 is 1.24 bits per heavy atom. The van der Waals surface area contributed by atoms with Crippen molar-refractivity contribution < 1.29 is 4.74 Å². The third-order valence-corrected chi connectivity index (χ3v) is 4.95. The summed E-state index contributed by atoms with van der Waals surface area (Å²) in [5.41, 5.74) is 3.48. The second-order valence-electron chi connectivity index (χ2n) is 7.15.